The van der Waals surface area contributed by atoms with E-state index in [9.17, 15) is 4.79 Å². The number of hydrogen-bond acceptors (Lipinski definition) is 3. The smallest absolute Gasteiger partial charge is 0.143 e. The number of fused-ring (bicyclic) bond motifs is 2. The monoisotopic (exact) mass is 246 g/mol. The molecule has 2 bridgehead atoms. The molecule has 2 aliphatic heterocycles. The highest BCUT2D eigenvalue weighted by atomic mass is 16.5. The molecule has 0 amide bonds. The average molecular weight is 246 g/mol. The van der Waals surface area contributed by atoms with Crippen molar-refractivity contribution in [2.45, 2.75) is 37.9 Å². The molecular weight excluding hydrogens is 228 g/mol. The number of ether oxygens (including phenoxy) is 2. The summed E-state index contributed by atoms with van der Waals surface area (Å²) in [5.74, 6) is 1.25. The van der Waals surface area contributed by atoms with Crippen molar-refractivity contribution in [1.82, 2.24) is 0 Å². The lowest BCUT2D eigenvalue weighted by atomic mass is 9.84. The summed E-state index contributed by atoms with van der Waals surface area (Å²) in [6.07, 6.45) is 4.14. The van der Waals surface area contributed by atoms with E-state index < -0.39 is 0 Å². The molecule has 1 aromatic carbocycles. The van der Waals surface area contributed by atoms with Gasteiger partial charge in [0.15, 0.2) is 0 Å². The molecule has 3 rings (SSSR count). The summed E-state index contributed by atoms with van der Waals surface area (Å²) in [6, 6.07) is 7.74. The Labute approximate surface area is 107 Å². The molecule has 3 heteroatoms. The minimum absolute atomic E-state index is 0.120. The van der Waals surface area contributed by atoms with Crippen molar-refractivity contribution < 1.29 is 14.3 Å². The van der Waals surface area contributed by atoms with E-state index in [0.29, 0.717) is 18.3 Å². The van der Waals surface area contributed by atoms with Gasteiger partial charge < -0.3 is 9.47 Å². The molecule has 2 aliphatic rings. The molecule has 0 aromatic heterocycles. The molecule has 2 heterocycles. The maximum Gasteiger partial charge on any atom is 0.143 e. The number of rotatable bonds is 4. The Balaban J connectivity index is 1.67. The zero-order chi connectivity index (χ0) is 12.5. The summed E-state index contributed by atoms with van der Waals surface area (Å²) < 4.78 is 10.9. The second kappa shape index (κ2) is 4.73. The maximum absolute atomic E-state index is 12.3. The van der Waals surface area contributed by atoms with E-state index in [1.54, 1.807) is 7.11 Å². The minimum atomic E-state index is 0.120. The van der Waals surface area contributed by atoms with Crippen LogP contribution < -0.4 is 4.74 Å². The molecule has 0 radical (unpaired) electrons. The third-order valence-corrected chi connectivity index (χ3v) is 4.03. The molecule has 3 atom stereocenters. The molecule has 1 aromatic rings. The van der Waals surface area contributed by atoms with Crippen LogP contribution in [-0.4, -0.2) is 25.1 Å². The number of benzene rings is 1. The van der Waals surface area contributed by atoms with Crippen LogP contribution >= 0.6 is 0 Å². The fraction of sp³-hybridized carbons (Fsp3) is 0.533. The number of hydrogen-bond donors (Lipinski definition) is 0. The molecule has 3 unspecified atom stereocenters. The van der Waals surface area contributed by atoms with Gasteiger partial charge in [0.25, 0.3) is 0 Å². The lowest BCUT2D eigenvalue weighted by molar-refractivity contribution is -0.123. The van der Waals surface area contributed by atoms with Crippen LogP contribution in [0.1, 0.15) is 24.8 Å². The quantitative estimate of drug-likeness (QED) is 0.818. The van der Waals surface area contributed by atoms with Crippen molar-refractivity contribution in [2.75, 3.05) is 7.11 Å². The van der Waals surface area contributed by atoms with Crippen molar-refractivity contribution in [3.05, 3.63) is 29.8 Å². The molecule has 0 aliphatic carbocycles. The number of ketones is 1. The zero-order valence-corrected chi connectivity index (χ0v) is 10.6. The Morgan fingerprint density at radius 3 is 3.00 bits per heavy atom. The van der Waals surface area contributed by atoms with Crippen molar-refractivity contribution in [1.29, 1.82) is 0 Å². The third kappa shape index (κ3) is 2.15. The summed E-state index contributed by atoms with van der Waals surface area (Å²) in [6.45, 7) is 0. The Kier molecular flexibility index (Phi) is 3.08. The molecule has 2 fully saturated rings. The van der Waals surface area contributed by atoms with Gasteiger partial charge in [0.05, 0.1) is 19.3 Å². The first-order chi connectivity index (χ1) is 8.76. The number of Topliss-reactive ketones (excluding diaryl/α,β-unsaturated/α-hetero) is 1. The van der Waals surface area contributed by atoms with E-state index in [1.807, 2.05) is 24.3 Å². The van der Waals surface area contributed by atoms with Gasteiger partial charge in [-0.25, -0.2) is 0 Å². The minimum Gasteiger partial charge on any atom is -0.497 e. The van der Waals surface area contributed by atoms with Crippen LogP contribution in [-0.2, 0) is 16.0 Å². The predicted octanol–water partition coefficient (Wildman–Crippen LogP) is 2.37. The van der Waals surface area contributed by atoms with Gasteiger partial charge >= 0.3 is 0 Å². The second-order valence-electron chi connectivity index (χ2n) is 5.21. The molecule has 3 nitrogen and oxygen atoms in total. The van der Waals surface area contributed by atoms with Crippen LogP contribution in [0.25, 0.3) is 0 Å². The average Bonchev–Trinajstić information content (AvgIpc) is 3.01. The van der Waals surface area contributed by atoms with Gasteiger partial charge in [-0.15, -0.1) is 0 Å². The van der Waals surface area contributed by atoms with E-state index in [-0.39, 0.29) is 12.0 Å². The Bertz CT molecular complexity index is 455. The molecule has 0 N–H and O–H groups in total. The van der Waals surface area contributed by atoms with E-state index >= 15 is 0 Å². The van der Waals surface area contributed by atoms with Crippen LogP contribution in [0, 0.1) is 5.92 Å². The largest absolute Gasteiger partial charge is 0.497 e. The number of carbonyl (C=O) groups excluding carboxylic acids is 1. The van der Waals surface area contributed by atoms with Crippen molar-refractivity contribution >= 4 is 5.78 Å². The topological polar surface area (TPSA) is 35.5 Å². The lowest BCUT2D eigenvalue weighted by Gasteiger charge is -2.17. The zero-order valence-electron chi connectivity index (χ0n) is 10.6. The summed E-state index contributed by atoms with van der Waals surface area (Å²) >= 11 is 0. The van der Waals surface area contributed by atoms with Crippen LogP contribution in [0.5, 0.6) is 5.75 Å². The lowest BCUT2D eigenvalue weighted by Crippen LogP contribution is -2.26. The highest BCUT2D eigenvalue weighted by molar-refractivity contribution is 5.84. The van der Waals surface area contributed by atoms with E-state index in [1.165, 1.54) is 0 Å². The molecule has 2 saturated heterocycles. The molecule has 18 heavy (non-hydrogen) atoms. The van der Waals surface area contributed by atoms with Crippen molar-refractivity contribution in [3.63, 3.8) is 0 Å². The van der Waals surface area contributed by atoms with Gasteiger partial charge in [0.2, 0.25) is 0 Å². The van der Waals surface area contributed by atoms with Gasteiger partial charge in [-0.05, 0) is 37.0 Å². The van der Waals surface area contributed by atoms with Gasteiger partial charge in [-0.1, -0.05) is 12.1 Å². The Hall–Kier alpha value is -1.35. The SMILES string of the molecule is COc1cccc(CC(=O)C2CC3CCC2O3)c1. The fourth-order valence-corrected chi connectivity index (χ4v) is 3.09. The van der Waals surface area contributed by atoms with Crippen LogP contribution in [0.4, 0.5) is 0 Å². The molecule has 96 valence electrons. The summed E-state index contributed by atoms with van der Waals surface area (Å²) in [5, 5.41) is 0. The second-order valence-corrected chi connectivity index (χ2v) is 5.21. The normalized spacial score (nSPS) is 29.5. The van der Waals surface area contributed by atoms with Crippen molar-refractivity contribution in [2.24, 2.45) is 5.92 Å². The number of carbonyl (C=O) groups is 1. The summed E-state index contributed by atoms with van der Waals surface area (Å²) in [7, 11) is 1.64. The number of methoxy groups -OCH3 is 1. The van der Waals surface area contributed by atoms with Crippen LogP contribution in [0.3, 0.4) is 0 Å². The van der Waals surface area contributed by atoms with Gasteiger partial charge in [0.1, 0.15) is 11.5 Å². The van der Waals surface area contributed by atoms with Crippen LogP contribution in [0.2, 0.25) is 0 Å². The van der Waals surface area contributed by atoms with Crippen molar-refractivity contribution in [3.8, 4) is 5.75 Å². The summed E-state index contributed by atoms with van der Waals surface area (Å²) in [5.41, 5.74) is 1.03. The highest BCUT2D eigenvalue weighted by Crippen LogP contribution is 2.39. The van der Waals surface area contributed by atoms with E-state index in [2.05, 4.69) is 0 Å². The fourth-order valence-electron chi connectivity index (χ4n) is 3.09. The standard InChI is InChI=1S/C15H18O3/c1-17-11-4-2-3-10(7-11)8-14(16)13-9-12-5-6-15(13)18-12/h2-4,7,12-13,15H,5-6,8-9H2,1H3. The maximum atomic E-state index is 12.3. The molecule has 0 saturated carbocycles. The molecule has 0 spiro atoms. The predicted molar refractivity (Wildman–Crippen MR) is 67.7 cm³/mol. The first-order valence-electron chi connectivity index (χ1n) is 6.57. The van der Waals surface area contributed by atoms with Gasteiger partial charge in [-0.2, -0.15) is 0 Å². The Morgan fingerprint density at radius 1 is 1.44 bits per heavy atom. The first-order valence-corrected chi connectivity index (χ1v) is 6.57. The highest BCUT2D eigenvalue weighted by Gasteiger charge is 2.43. The van der Waals surface area contributed by atoms with Gasteiger partial charge in [0, 0.05) is 12.3 Å². The first kappa shape index (κ1) is 11.7. The van der Waals surface area contributed by atoms with Gasteiger partial charge in [-0.3, -0.25) is 4.79 Å². The van der Waals surface area contributed by atoms with E-state index in [0.717, 1.165) is 30.6 Å². The Morgan fingerprint density at radius 2 is 2.33 bits per heavy atom. The third-order valence-electron chi connectivity index (χ3n) is 4.03. The summed E-state index contributed by atoms with van der Waals surface area (Å²) in [4.78, 5) is 12.3. The molecular formula is C15H18O3. The van der Waals surface area contributed by atoms with E-state index in [4.69, 9.17) is 9.47 Å². The van der Waals surface area contributed by atoms with Crippen LogP contribution in [0.15, 0.2) is 24.3 Å².